The van der Waals surface area contributed by atoms with Gasteiger partial charge >= 0.3 is 0 Å². The summed E-state index contributed by atoms with van der Waals surface area (Å²) < 4.78 is 5.92. The molecule has 0 aromatic rings. The van der Waals surface area contributed by atoms with Crippen LogP contribution in [0.2, 0.25) is 0 Å². The quantitative estimate of drug-likeness (QED) is 0.629. The smallest absolute Gasteiger partial charge is 0.161 e. The first kappa shape index (κ1) is 15.0. The lowest BCUT2D eigenvalue weighted by Gasteiger charge is -2.13. The van der Waals surface area contributed by atoms with Crippen molar-refractivity contribution in [1.29, 1.82) is 0 Å². The summed E-state index contributed by atoms with van der Waals surface area (Å²) in [4.78, 5) is 12.0. The summed E-state index contributed by atoms with van der Waals surface area (Å²) in [5.41, 5.74) is 0. The highest BCUT2D eigenvalue weighted by molar-refractivity contribution is 5.83. The first-order chi connectivity index (χ1) is 9.36. The third-order valence-corrected chi connectivity index (χ3v) is 4.67. The second-order valence-electron chi connectivity index (χ2n) is 6.36. The average Bonchev–Trinajstić information content (AvgIpc) is 2.87. The number of carbonyl (C=O) groups is 1. The maximum Gasteiger partial charge on any atom is 0.161 e. The Labute approximate surface area is 118 Å². The molecule has 0 amide bonds. The van der Waals surface area contributed by atoms with Crippen LogP contribution in [0.25, 0.3) is 0 Å². The zero-order valence-electron chi connectivity index (χ0n) is 12.4. The average molecular weight is 266 g/mol. The molecule has 2 heteroatoms. The molecule has 110 valence electrons. The van der Waals surface area contributed by atoms with E-state index in [0.717, 1.165) is 25.7 Å². The predicted molar refractivity (Wildman–Crippen MR) is 78.3 cm³/mol. The van der Waals surface area contributed by atoms with Crippen LogP contribution >= 0.6 is 0 Å². The van der Waals surface area contributed by atoms with Crippen molar-refractivity contribution < 1.29 is 9.53 Å². The van der Waals surface area contributed by atoms with E-state index < -0.39 is 0 Å². The van der Waals surface area contributed by atoms with Crippen LogP contribution < -0.4 is 0 Å². The monoisotopic (exact) mass is 266 g/mol. The van der Waals surface area contributed by atoms with Crippen LogP contribution in [0.15, 0.2) is 0 Å². The minimum Gasteiger partial charge on any atom is -0.367 e. The molecule has 0 spiro atoms. The Balaban J connectivity index is 1.74. The summed E-state index contributed by atoms with van der Waals surface area (Å²) in [6.45, 7) is 0. The highest BCUT2D eigenvalue weighted by Crippen LogP contribution is 2.26. The van der Waals surface area contributed by atoms with E-state index in [0.29, 0.717) is 11.9 Å². The third kappa shape index (κ3) is 5.64. The number of fused-ring (bicyclic) bond motifs is 2. The van der Waals surface area contributed by atoms with E-state index >= 15 is 0 Å². The van der Waals surface area contributed by atoms with Crippen LogP contribution in [0.5, 0.6) is 0 Å². The fourth-order valence-electron chi connectivity index (χ4n) is 3.40. The fourth-order valence-corrected chi connectivity index (χ4v) is 3.40. The summed E-state index contributed by atoms with van der Waals surface area (Å²) in [6, 6.07) is 0. The molecule has 2 aliphatic heterocycles. The van der Waals surface area contributed by atoms with Gasteiger partial charge in [-0.25, -0.2) is 0 Å². The van der Waals surface area contributed by atoms with Crippen molar-refractivity contribution >= 4 is 5.78 Å². The van der Waals surface area contributed by atoms with E-state index in [2.05, 4.69) is 0 Å². The van der Waals surface area contributed by atoms with E-state index in [4.69, 9.17) is 4.74 Å². The van der Waals surface area contributed by atoms with Gasteiger partial charge in [0.05, 0.1) is 6.10 Å². The predicted octanol–water partition coefficient (Wildman–Crippen LogP) is 4.80. The van der Waals surface area contributed by atoms with Crippen molar-refractivity contribution in [2.45, 2.75) is 102 Å². The summed E-state index contributed by atoms with van der Waals surface area (Å²) in [7, 11) is 0. The van der Waals surface area contributed by atoms with Crippen LogP contribution in [0.4, 0.5) is 0 Å². The van der Waals surface area contributed by atoms with Gasteiger partial charge in [0.15, 0.2) is 5.78 Å². The summed E-state index contributed by atoms with van der Waals surface area (Å²) in [5, 5.41) is 0. The lowest BCUT2D eigenvalue weighted by Crippen LogP contribution is -2.21. The maximum absolute atomic E-state index is 12.0. The van der Waals surface area contributed by atoms with Gasteiger partial charge in [0, 0.05) is 6.42 Å². The Morgan fingerprint density at radius 2 is 1.26 bits per heavy atom. The second-order valence-corrected chi connectivity index (χ2v) is 6.36. The summed E-state index contributed by atoms with van der Waals surface area (Å²) in [6.07, 6.45) is 17.5. The van der Waals surface area contributed by atoms with E-state index in [1.807, 2.05) is 0 Å². The molecule has 2 bridgehead atoms. The van der Waals surface area contributed by atoms with Gasteiger partial charge in [-0.05, 0) is 25.7 Å². The molecule has 2 atom stereocenters. The highest BCUT2D eigenvalue weighted by atomic mass is 16.5. The Bertz CT molecular complexity index is 262. The molecule has 2 rings (SSSR count). The first-order valence-corrected chi connectivity index (χ1v) is 8.54. The molecule has 2 heterocycles. The SMILES string of the molecule is O=C1CCCCCCCCCCCCC2CCC1O2. The second kappa shape index (κ2) is 8.73. The number of ketones is 1. The van der Waals surface area contributed by atoms with Gasteiger partial charge in [-0.1, -0.05) is 57.8 Å². The van der Waals surface area contributed by atoms with Crippen LogP contribution in [0.1, 0.15) is 89.9 Å². The van der Waals surface area contributed by atoms with E-state index in [-0.39, 0.29) is 6.10 Å². The number of rotatable bonds is 0. The lowest BCUT2D eigenvalue weighted by molar-refractivity contribution is -0.130. The third-order valence-electron chi connectivity index (χ3n) is 4.67. The maximum atomic E-state index is 12.0. The molecule has 2 fully saturated rings. The Kier molecular flexibility index (Phi) is 6.91. The molecule has 0 saturated carbocycles. The van der Waals surface area contributed by atoms with Gasteiger partial charge in [0.2, 0.25) is 0 Å². The lowest BCUT2D eigenvalue weighted by atomic mass is 10.0. The number of carbonyl (C=O) groups excluding carboxylic acids is 1. The molecule has 2 saturated heterocycles. The van der Waals surface area contributed by atoms with Crippen LogP contribution in [0, 0.1) is 0 Å². The number of Topliss-reactive ketones (excluding diaryl/α,β-unsaturated/α-hetero) is 1. The molecule has 0 aromatic carbocycles. The molecule has 0 N–H and O–H groups in total. The Morgan fingerprint density at radius 3 is 1.95 bits per heavy atom. The highest BCUT2D eigenvalue weighted by Gasteiger charge is 2.29. The van der Waals surface area contributed by atoms with Crippen molar-refractivity contribution in [3.8, 4) is 0 Å². The number of hydrogen-bond acceptors (Lipinski definition) is 2. The van der Waals surface area contributed by atoms with E-state index in [9.17, 15) is 4.79 Å². The number of hydrogen-bond donors (Lipinski definition) is 0. The van der Waals surface area contributed by atoms with Gasteiger partial charge in [-0.15, -0.1) is 0 Å². The zero-order valence-corrected chi connectivity index (χ0v) is 12.4. The normalized spacial score (nSPS) is 32.3. The summed E-state index contributed by atoms with van der Waals surface area (Å²) in [5.74, 6) is 0.370. The Morgan fingerprint density at radius 1 is 0.684 bits per heavy atom. The van der Waals surface area contributed by atoms with Crippen LogP contribution in [-0.4, -0.2) is 18.0 Å². The van der Waals surface area contributed by atoms with Gasteiger partial charge in [0.25, 0.3) is 0 Å². The zero-order chi connectivity index (χ0) is 13.3. The first-order valence-electron chi connectivity index (χ1n) is 8.54. The van der Waals surface area contributed by atoms with Crippen molar-refractivity contribution in [1.82, 2.24) is 0 Å². The largest absolute Gasteiger partial charge is 0.367 e. The van der Waals surface area contributed by atoms with Crippen molar-refractivity contribution in [3.63, 3.8) is 0 Å². The molecule has 2 unspecified atom stereocenters. The van der Waals surface area contributed by atoms with Gasteiger partial charge < -0.3 is 4.74 Å². The summed E-state index contributed by atoms with van der Waals surface area (Å²) >= 11 is 0. The van der Waals surface area contributed by atoms with Crippen LogP contribution in [-0.2, 0) is 9.53 Å². The minimum absolute atomic E-state index is 0.0575. The molecule has 2 aliphatic rings. The molecular weight excluding hydrogens is 236 g/mol. The minimum atomic E-state index is -0.0575. The van der Waals surface area contributed by atoms with Gasteiger partial charge in [-0.3, -0.25) is 4.79 Å². The molecule has 0 aromatic heterocycles. The molecule has 19 heavy (non-hydrogen) atoms. The topological polar surface area (TPSA) is 26.3 Å². The standard InChI is InChI=1S/C17H30O2/c18-16-12-10-8-6-4-2-1-3-5-7-9-11-15-13-14-17(16)19-15/h15,17H,1-14H2. The Hall–Kier alpha value is -0.370. The fraction of sp³-hybridized carbons (Fsp3) is 0.941. The van der Waals surface area contributed by atoms with Gasteiger partial charge in [-0.2, -0.15) is 0 Å². The molecule has 0 radical (unpaired) electrons. The molecule has 0 aliphatic carbocycles. The van der Waals surface area contributed by atoms with Crippen LogP contribution in [0.3, 0.4) is 0 Å². The van der Waals surface area contributed by atoms with Crippen molar-refractivity contribution in [2.24, 2.45) is 0 Å². The van der Waals surface area contributed by atoms with E-state index in [1.165, 1.54) is 64.2 Å². The van der Waals surface area contributed by atoms with Gasteiger partial charge in [0.1, 0.15) is 6.10 Å². The van der Waals surface area contributed by atoms with E-state index in [1.54, 1.807) is 0 Å². The van der Waals surface area contributed by atoms with Crippen molar-refractivity contribution in [3.05, 3.63) is 0 Å². The molecular formula is C17H30O2. The van der Waals surface area contributed by atoms with Crippen molar-refractivity contribution in [2.75, 3.05) is 0 Å². The molecule has 2 nitrogen and oxygen atoms in total. The number of ether oxygens (including phenoxy) is 1.